The standard InChI is InChI=1S/C15H25N3O3S.HI/c1-12(2)10-17-15(16-7-5-14-4-3-8-21-14)18-13-6-9-22(19,20)11-13;/h3-4,8,12-13H,5-7,9-11H2,1-2H3,(H2,16,17,18);1H. The fraction of sp³-hybridized carbons (Fsp3) is 0.667. The van der Waals surface area contributed by atoms with E-state index in [1.807, 2.05) is 12.1 Å². The number of sulfone groups is 1. The molecule has 1 saturated heterocycles. The highest BCUT2D eigenvalue weighted by Crippen LogP contribution is 2.11. The molecule has 2 N–H and O–H groups in total. The van der Waals surface area contributed by atoms with Crippen molar-refractivity contribution < 1.29 is 12.8 Å². The third-order valence-electron chi connectivity index (χ3n) is 3.43. The van der Waals surface area contributed by atoms with Crippen molar-refractivity contribution in [3.63, 3.8) is 0 Å². The van der Waals surface area contributed by atoms with Crippen LogP contribution in [-0.2, 0) is 16.3 Å². The van der Waals surface area contributed by atoms with Crippen LogP contribution in [0, 0.1) is 5.92 Å². The van der Waals surface area contributed by atoms with Crippen molar-refractivity contribution in [2.75, 3.05) is 24.6 Å². The molecule has 1 unspecified atom stereocenters. The Bertz CT molecular complexity index is 585. The first-order valence-electron chi connectivity index (χ1n) is 7.72. The fourth-order valence-corrected chi connectivity index (χ4v) is 3.96. The van der Waals surface area contributed by atoms with E-state index in [0.717, 1.165) is 12.2 Å². The Morgan fingerprint density at radius 2 is 2.26 bits per heavy atom. The molecule has 0 amide bonds. The topological polar surface area (TPSA) is 83.7 Å². The molecule has 1 aliphatic heterocycles. The highest BCUT2D eigenvalue weighted by molar-refractivity contribution is 14.0. The van der Waals surface area contributed by atoms with E-state index < -0.39 is 9.84 Å². The lowest BCUT2D eigenvalue weighted by molar-refractivity contribution is 0.506. The molecule has 1 atom stereocenters. The molecule has 23 heavy (non-hydrogen) atoms. The van der Waals surface area contributed by atoms with E-state index in [4.69, 9.17) is 4.42 Å². The maximum absolute atomic E-state index is 11.5. The Labute approximate surface area is 155 Å². The zero-order valence-electron chi connectivity index (χ0n) is 13.6. The van der Waals surface area contributed by atoms with Gasteiger partial charge in [-0.05, 0) is 24.5 Å². The number of guanidine groups is 1. The Morgan fingerprint density at radius 3 is 2.83 bits per heavy atom. The minimum absolute atomic E-state index is 0. The van der Waals surface area contributed by atoms with Crippen LogP contribution < -0.4 is 10.6 Å². The lowest BCUT2D eigenvalue weighted by Crippen LogP contribution is -2.44. The minimum Gasteiger partial charge on any atom is -0.469 e. The van der Waals surface area contributed by atoms with Crippen LogP contribution in [0.1, 0.15) is 26.0 Å². The zero-order valence-corrected chi connectivity index (χ0v) is 16.8. The van der Waals surface area contributed by atoms with Gasteiger partial charge in [-0.15, -0.1) is 24.0 Å². The molecule has 2 rings (SSSR count). The molecular formula is C15H26IN3O3S. The van der Waals surface area contributed by atoms with Gasteiger partial charge in [-0.25, -0.2) is 8.42 Å². The maximum Gasteiger partial charge on any atom is 0.191 e. The van der Waals surface area contributed by atoms with Crippen LogP contribution in [0.2, 0.25) is 0 Å². The lowest BCUT2D eigenvalue weighted by Gasteiger charge is -2.17. The van der Waals surface area contributed by atoms with Crippen LogP contribution in [0.3, 0.4) is 0 Å². The van der Waals surface area contributed by atoms with E-state index >= 15 is 0 Å². The molecule has 1 aromatic heterocycles. The number of nitrogens with zero attached hydrogens (tertiary/aromatic N) is 1. The molecule has 1 fully saturated rings. The summed E-state index contributed by atoms with van der Waals surface area (Å²) in [7, 11) is -2.89. The van der Waals surface area contributed by atoms with Crippen molar-refractivity contribution in [1.82, 2.24) is 10.6 Å². The molecule has 132 valence electrons. The molecule has 0 aliphatic carbocycles. The van der Waals surface area contributed by atoms with Crippen LogP contribution >= 0.6 is 24.0 Å². The van der Waals surface area contributed by atoms with Gasteiger partial charge in [0.25, 0.3) is 0 Å². The molecule has 0 aromatic carbocycles. The first-order chi connectivity index (χ1) is 10.4. The SMILES string of the molecule is CC(C)CN=C(NCCc1ccco1)NC1CCS(=O)(=O)C1.I. The number of aliphatic imine (C=N–C) groups is 1. The van der Waals surface area contributed by atoms with Gasteiger partial charge in [-0.3, -0.25) is 4.99 Å². The smallest absolute Gasteiger partial charge is 0.191 e. The van der Waals surface area contributed by atoms with E-state index in [2.05, 4.69) is 29.5 Å². The number of rotatable bonds is 6. The van der Waals surface area contributed by atoms with Crippen molar-refractivity contribution in [2.45, 2.75) is 32.7 Å². The van der Waals surface area contributed by atoms with Crippen molar-refractivity contribution in [2.24, 2.45) is 10.9 Å². The Morgan fingerprint density at radius 1 is 1.48 bits per heavy atom. The monoisotopic (exact) mass is 455 g/mol. The molecule has 0 radical (unpaired) electrons. The van der Waals surface area contributed by atoms with Crippen LogP contribution in [0.4, 0.5) is 0 Å². The minimum atomic E-state index is -2.89. The second-order valence-electron chi connectivity index (χ2n) is 6.08. The second kappa shape index (κ2) is 9.51. The van der Waals surface area contributed by atoms with Gasteiger partial charge in [0.2, 0.25) is 0 Å². The Hall–Kier alpha value is -0.770. The summed E-state index contributed by atoms with van der Waals surface area (Å²) in [6.07, 6.45) is 3.06. The summed E-state index contributed by atoms with van der Waals surface area (Å²) in [5.74, 6) is 2.50. The summed E-state index contributed by atoms with van der Waals surface area (Å²) in [4.78, 5) is 4.52. The molecule has 1 aliphatic rings. The summed E-state index contributed by atoms with van der Waals surface area (Å²) < 4.78 is 28.4. The van der Waals surface area contributed by atoms with Crippen molar-refractivity contribution in [1.29, 1.82) is 0 Å². The van der Waals surface area contributed by atoms with Gasteiger partial charge < -0.3 is 15.1 Å². The predicted octanol–water partition coefficient (Wildman–Crippen LogP) is 1.82. The third kappa shape index (κ3) is 7.56. The van der Waals surface area contributed by atoms with E-state index in [1.165, 1.54) is 0 Å². The second-order valence-corrected chi connectivity index (χ2v) is 8.31. The molecule has 0 saturated carbocycles. The average Bonchev–Trinajstić information content (AvgIpc) is 3.05. The highest BCUT2D eigenvalue weighted by Gasteiger charge is 2.28. The molecule has 1 aromatic rings. The summed E-state index contributed by atoms with van der Waals surface area (Å²) >= 11 is 0. The molecule has 0 bridgehead atoms. The quantitative estimate of drug-likeness (QED) is 0.389. The van der Waals surface area contributed by atoms with E-state index in [9.17, 15) is 8.42 Å². The summed E-state index contributed by atoms with van der Waals surface area (Å²) in [5.41, 5.74) is 0. The van der Waals surface area contributed by atoms with Crippen molar-refractivity contribution in [3.05, 3.63) is 24.2 Å². The zero-order chi connectivity index (χ0) is 16.0. The number of hydrogen-bond donors (Lipinski definition) is 2. The first-order valence-corrected chi connectivity index (χ1v) is 9.54. The van der Waals surface area contributed by atoms with Crippen LogP contribution in [0.5, 0.6) is 0 Å². The Kier molecular flexibility index (Phi) is 8.38. The predicted molar refractivity (Wildman–Crippen MR) is 103 cm³/mol. The molecular weight excluding hydrogens is 429 g/mol. The van der Waals surface area contributed by atoms with Crippen LogP contribution in [-0.4, -0.2) is 45.0 Å². The van der Waals surface area contributed by atoms with Gasteiger partial charge >= 0.3 is 0 Å². The van der Waals surface area contributed by atoms with E-state index in [-0.39, 0.29) is 41.5 Å². The molecule has 0 spiro atoms. The third-order valence-corrected chi connectivity index (χ3v) is 5.20. The average molecular weight is 455 g/mol. The van der Waals surface area contributed by atoms with Crippen LogP contribution in [0.15, 0.2) is 27.8 Å². The summed E-state index contributed by atoms with van der Waals surface area (Å²) in [6, 6.07) is 3.75. The van der Waals surface area contributed by atoms with Gasteiger partial charge in [0.05, 0.1) is 17.8 Å². The van der Waals surface area contributed by atoms with Gasteiger partial charge in [-0.2, -0.15) is 0 Å². The number of nitrogens with one attached hydrogen (secondary N) is 2. The summed E-state index contributed by atoms with van der Waals surface area (Å²) in [6.45, 7) is 5.60. The maximum atomic E-state index is 11.5. The van der Waals surface area contributed by atoms with Crippen molar-refractivity contribution in [3.8, 4) is 0 Å². The molecule has 8 heteroatoms. The lowest BCUT2D eigenvalue weighted by atomic mass is 10.2. The summed E-state index contributed by atoms with van der Waals surface area (Å²) in [5, 5.41) is 6.49. The van der Waals surface area contributed by atoms with Crippen molar-refractivity contribution >= 4 is 39.8 Å². The number of hydrogen-bond acceptors (Lipinski definition) is 4. The van der Waals surface area contributed by atoms with Crippen LogP contribution in [0.25, 0.3) is 0 Å². The van der Waals surface area contributed by atoms with E-state index in [1.54, 1.807) is 6.26 Å². The fourth-order valence-electron chi connectivity index (χ4n) is 2.29. The number of furan rings is 1. The number of halogens is 1. The van der Waals surface area contributed by atoms with Gasteiger partial charge in [-0.1, -0.05) is 13.8 Å². The Balaban J connectivity index is 0.00000264. The highest BCUT2D eigenvalue weighted by atomic mass is 127. The van der Waals surface area contributed by atoms with E-state index in [0.29, 0.717) is 31.4 Å². The van der Waals surface area contributed by atoms with Gasteiger partial charge in [0.1, 0.15) is 5.76 Å². The largest absolute Gasteiger partial charge is 0.469 e. The molecule has 6 nitrogen and oxygen atoms in total. The normalized spacial score (nSPS) is 20.3. The van der Waals surface area contributed by atoms with Gasteiger partial charge in [0.15, 0.2) is 15.8 Å². The molecule has 2 heterocycles. The first kappa shape index (κ1) is 20.3. The van der Waals surface area contributed by atoms with Gasteiger partial charge in [0, 0.05) is 25.6 Å².